The number of thioether (sulfide) groups is 1. The van der Waals surface area contributed by atoms with Crippen molar-refractivity contribution in [2.24, 2.45) is 5.10 Å². The summed E-state index contributed by atoms with van der Waals surface area (Å²) in [6.07, 6.45) is 1.42. The Kier molecular flexibility index (Phi) is 3.66. The lowest BCUT2D eigenvalue weighted by atomic mass is 10.4. The van der Waals surface area contributed by atoms with Crippen LogP contribution in [0, 0.1) is 0 Å². The van der Waals surface area contributed by atoms with Crippen molar-refractivity contribution in [2.45, 2.75) is 6.92 Å². The summed E-state index contributed by atoms with van der Waals surface area (Å²) in [5, 5.41) is 3.78. The number of hydrazone groups is 1. The summed E-state index contributed by atoms with van der Waals surface area (Å²) in [5.41, 5.74) is 5.19. The number of carbonyl (C=O) groups is 1. The maximum absolute atomic E-state index is 10.9. The van der Waals surface area contributed by atoms with Crippen LogP contribution < -0.4 is 5.43 Å². The Morgan fingerprint density at radius 3 is 3.42 bits per heavy atom. The van der Waals surface area contributed by atoms with Crippen molar-refractivity contribution in [3.63, 3.8) is 0 Å². The largest absolute Gasteiger partial charge is 0.463 e. The number of esters is 1. The molecule has 1 N–H and O–H groups in total. The maximum Gasteiger partial charge on any atom is 0.332 e. The number of nitrogens with zero attached hydrogens (tertiary/aromatic N) is 1. The smallest absolute Gasteiger partial charge is 0.332 e. The number of nitrogens with one attached hydrogen (secondary N) is 1. The first-order valence-corrected chi connectivity index (χ1v) is 4.64. The molecule has 1 heterocycles. The van der Waals surface area contributed by atoms with Gasteiger partial charge in [-0.15, -0.1) is 11.8 Å². The lowest BCUT2D eigenvalue weighted by Crippen LogP contribution is -2.14. The minimum Gasteiger partial charge on any atom is -0.463 e. The Balaban J connectivity index is 2.44. The molecular formula is C7H10N2O2S. The van der Waals surface area contributed by atoms with Crippen LogP contribution in [-0.2, 0) is 9.53 Å². The molecule has 0 amide bonds. The second-order valence-corrected chi connectivity index (χ2v) is 2.91. The monoisotopic (exact) mass is 186 g/mol. The van der Waals surface area contributed by atoms with Crippen LogP contribution in [0.15, 0.2) is 16.9 Å². The molecule has 0 radical (unpaired) electrons. The van der Waals surface area contributed by atoms with Crippen molar-refractivity contribution in [3.05, 3.63) is 11.8 Å². The highest BCUT2D eigenvalue weighted by Gasteiger charge is 2.03. The summed E-state index contributed by atoms with van der Waals surface area (Å²) in [5.74, 6) is 0.417. The molecule has 0 saturated heterocycles. The minimum absolute atomic E-state index is 0.322. The van der Waals surface area contributed by atoms with Crippen LogP contribution in [0.3, 0.4) is 0 Å². The molecule has 1 aliphatic heterocycles. The molecule has 0 spiro atoms. The van der Waals surface area contributed by atoms with Gasteiger partial charge in [-0.3, -0.25) is 5.43 Å². The number of hydrogen-bond acceptors (Lipinski definition) is 5. The van der Waals surface area contributed by atoms with Crippen molar-refractivity contribution in [2.75, 3.05) is 12.4 Å². The van der Waals surface area contributed by atoms with Crippen LogP contribution in [-0.4, -0.2) is 23.9 Å². The van der Waals surface area contributed by atoms with Gasteiger partial charge in [-0.25, -0.2) is 4.79 Å². The van der Waals surface area contributed by atoms with Crippen LogP contribution in [0.5, 0.6) is 0 Å². The molecule has 0 aliphatic carbocycles. The fraction of sp³-hybridized carbons (Fsp3) is 0.429. The normalized spacial score (nSPS) is 18.9. The molecule has 0 saturated carbocycles. The quantitative estimate of drug-likeness (QED) is 0.510. The summed E-state index contributed by atoms with van der Waals surface area (Å²) in [6.45, 7) is 2.18. The molecule has 4 nitrogen and oxygen atoms in total. The molecule has 5 heteroatoms. The Bertz CT molecular complexity index is 225. The SMILES string of the molecule is CCOC(=O)C=C1CSC=NN1. The first-order valence-electron chi connectivity index (χ1n) is 3.59. The van der Waals surface area contributed by atoms with Crippen LogP contribution in [0.2, 0.25) is 0 Å². The minimum atomic E-state index is -0.322. The lowest BCUT2D eigenvalue weighted by molar-refractivity contribution is -0.137. The zero-order chi connectivity index (χ0) is 8.81. The molecule has 0 fully saturated rings. The van der Waals surface area contributed by atoms with Crippen molar-refractivity contribution >= 4 is 23.3 Å². The average Bonchev–Trinajstić information content (AvgIpc) is 2.06. The van der Waals surface area contributed by atoms with Gasteiger partial charge in [0, 0.05) is 11.8 Å². The van der Waals surface area contributed by atoms with E-state index in [0.29, 0.717) is 6.61 Å². The van der Waals surface area contributed by atoms with Gasteiger partial charge in [-0.05, 0) is 6.92 Å². The fourth-order valence-electron chi connectivity index (χ4n) is 0.706. The van der Waals surface area contributed by atoms with Gasteiger partial charge >= 0.3 is 5.97 Å². The first-order chi connectivity index (χ1) is 5.83. The van der Waals surface area contributed by atoms with E-state index in [2.05, 4.69) is 10.5 Å². The molecule has 0 unspecified atom stereocenters. The van der Waals surface area contributed by atoms with Gasteiger partial charge < -0.3 is 4.74 Å². The summed E-state index contributed by atoms with van der Waals surface area (Å²) < 4.78 is 4.73. The number of ether oxygens (including phenoxy) is 1. The van der Waals surface area contributed by atoms with E-state index in [-0.39, 0.29) is 5.97 Å². The summed E-state index contributed by atoms with van der Waals surface area (Å²) in [6, 6.07) is 0. The highest BCUT2D eigenvalue weighted by molar-refractivity contribution is 8.12. The Morgan fingerprint density at radius 1 is 2.00 bits per heavy atom. The van der Waals surface area contributed by atoms with E-state index in [0.717, 1.165) is 11.4 Å². The number of hydrogen-bond donors (Lipinski definition) is 1. The number of carbonyl (C=O) groups excluding carboxylic acids is 1. The molecule has 0 atom stereocenters. The molecule has 1 aliphatic rings. The Hall–Kier alpha value is -0.970. The van der Waals surface area contributed by atoms with E-state index < -0.39 is 0 Å². The van der Waals surface area contributed by atoms with E-state index in [4.69, 9.17) is 4.74 Å². The van der Waals surface area contributed by atoms with Gasteiger partial charge in [-0.2, -0.15) is 5.10 Å². The summed E-state index contributed by atoms with van der Waals surface area (Å²) >= 11 is 1.53. The van der Waals surface area contributed by atoms with Crippen LogP contribution >= 0.6 is 11.8 Å². The van der Waals surface area contributed by atoms with Crippen molar-refractivity contribution in [3.8, 4) is 0 Å². The van der Waals surface area contributed by atoms with Gasteiger partial charge in [0.2, 0.25) is 0 Å². The molecule has 1 rings (SSSR count). The maximum atomic E-state index is 10.9. The van der Waals surface area contributed by atoms with Crippen LogP contribution in [0.1, 0.15) is 6.92 Å². The second kappa shape index (κ2) is 4.82. The van der Waals surface area contributed by atoms with Gasteiger partial charge in [0.1, 0.15) is 0 Å². The molecule has 0 bridgehead atoms. The number of rotatable bonds is 2. The van der Waals surface area contributed by atoms with Crippen molar-refractivity contribution in [1.82, 2.24) is 5.43 Å². The van der Waals surface area contributed by atoms with E-state index in [9.17, 15) is 4.79 Å². The third-order valence-corrected chi connectivity index (χ3v) is 1.89. The molecule has 0 aromatic heterocycles. The second-order valence-electron chi connectivity index (χ2n) is 2.08. The molecule has 66 valence electrons. The van der Waals surface area contributed by atoms with Gasteiger partial charge in [0.05, 0.1) is 17.9 Å². The molecular weight excluding hydrogens is 176 g/mol. The highest BCUT2D eigenvalue weighted by Crippen LogP contribution is 2.06. The Morgan fingerprint density at radius 2 is 2.83 bits per heavy atom. The third kappa shape index (κ3) is 2.96. The predicted molar refractivity (Wildman–Crippen MR) is 48.8 cm³/mol. The lowest BCUT2D eigenvalue weighted by Gasteiger charge is -2.08. The van der Waals surface area contributed by atoms with Crippen molar-refractivity contribution in [1.29, 1.82) is 0 Å². The molecule has 0 aromatic rings. The zero-order valence-electron chi connectivity index (χ0n) is 6.74. The fourth-order valence-corrected chi connectivity index (χ4v) is 1.24. The zero-order valence-corrected chi connectivity index (χ0v) is 7.56. The van der Waals surface area contributed by atoms with Gasteiger partial charge in [-0.1, -0.05) is 0 Å². The van der Waals surface area contributed by atoms with E-state index in [1.54, 1.807) is 12.5 Å². The van der Waals surface area contributed by atoms with Crippen LogP contribution in [0.4, 0.5) is 0 Å². The molecule has 12 heavy (non-hydrogen) atoms. The first kappa shape index (κ1) is 9.12. The summed E-state index contributed by atoms with van der Waals surface area (Å²) in [4.78, 5) is 10.9. The van der Waals surface area contributed by atoms with E-state index in [1.807, 2.05) is 0 Å². The molecule has 0 aromatic carbocycles. The van der Waals surface area contributed by atoms with Crippen molar-refractivity contribution < 1.29 is 9.53 Å². The highest BCUT2D eigenvalue weighted by atomic mass is 32.2. The van der Waals surface area contributed by atoms with Gasteiger partial charge in [0.15, 0.2) is 0 Å². The third-order valence-electron chi connectivity index (χ3n) is 1.15. The van der Waals surface area contributed by atoms with E-state index >= 15 is 0 Å². The predicted octanol–water partition coefficient (Wildman–Crippen LogP) is 0.713. The Labute approximate surface area is 75.0 Å². The standard InChI is InChI=1S/C7H10N2O2S/c1-2-11-7(10)3-6-4-12-5-8-9-6/h3,5,9H,2,4H2,1H3. The topological polar surface area (TPSA) is 50.7 Å². The van der Waals surface area contributed by atoms with Gasteiger partial charge in [0.25, 0.3) is 0 Å². The average molecular weight is 186 g/mol. The van der Waals surface area contributed by atoms with E-state index in [1.165, 1.54) is 17.8 Å². The summed E-state index contributed by atoms with van der Waals surface area (Å²) in [7, 11) is 0. The van der Waals surface area contributed by atoms with Crippen LogP contribution in [0.25, 0.3) is 0 Å².